The van der Waals surface area contributed by atoms with Crippen LogP contribution in [0.5, 0.6) is 0 Å². The third-order valence-electron chi connectivity index (χ3n) is 15.6. The van der Waals surface area contributed by atoms with Gasteiger partial charge in [0.1, 0.15) is 0 Å². The number of hydrogen-bond donors (Lipinski definition) is 3. The Hall–Kier alpha value is -1.40. The third kappa shape index (κ3) is 57.9. The summed E-state index contributed by atoms with van der Waals surface area (Å²) in [7, 11) is 0. The smallest absolute Gasteiger partial charge is 0.305 e. The lowest BCUT2D eigenvalue weighted by Crippen LogP contribution is -2.45. The van der Waals surface area contributed by atoms with Crippen LogP contribution in [-0.4, -0.2) is 47.4 Å². The highest BCUT2D eigenvalue weighted by atomic mass is 16.5. The molecule has 0 aliphatic carbocycles. The molecule has 0 heterocycles. The molecule has 0 bridgehead atoms. The second-order valence-corrected chi connectivity index (χ2v) is 22.8. The van der Waals surface area contributed by atoms with Crippen molar-refractivity contribution in [2.45, 2.75) is 386 Å². The summed E-state index contributed by atoms with van der Waals surface area (Å²) in [6.07, 6.45) is 75.5. The summed E-state index contributed by atoms with van der Waals surface area (Å²) in [4.78, 5) is 24.6. The molecule has 1 amide bonds. The molecule has 428 valence electrons. The summed E-state index contributed by atoms with van der Waals surface area (Å²) >= 11 is 0. The average Bonchev–Trinajstić information content (AvgIpc) is 3.38. The van der Waals surface area contributed by atoms with Gasteiger partial charge in [-0.1, -0.05) is 341 Å². The minimum atomic E-state index is -0.843. The lowest BCUT2D eigenvalue weighted by molar-refractivity contribution is -0.143. The van der Waals surface area contributed by atoms with Gasteiger partial charge in [0.15, 0.2) is 0 Å². The Balaban J connectivity index is 3.36. The maximum atomic E-state index is 12.5. The van der Waals surface area contributed by atoms with Gasteiger partial charge in [-0.3, -0.25) is 9.59 Å². The van der Waals surface area contributed by atoms with Crippen LogP contribution >= 0.6 is 0 Å². The summed E-state index contributed by atoms with van der Waals surface area (Å²) < 4.78 is 5.51. The molecule has 6 nitrogen and oxygen atoms in total. The van der Waals surface area contributed by atoms with E-state index in [4.69, 9.17) is 4.74 Å². The van der Waals surface area contributed by atoms with E-state index >= 15 is 0 Å². The molecule has 0 saturated carbocycles. The van der Waals surface area contributed by atoms with Crippen LogP contribution in [0.2, 0.25) is 0 Å². The lowest BCUT2D eigenvalue weighted by atomic mass is 10.0. The van der Waals surface area contributed by atoms with Crippen molar-refractivity contribution in [2.75, 3.05) is 13.2 Å². The molecule has 0 aromatic rings. The molecule has 6 heteroatoms. The van der Waals surface area contributed by atoms with Gasteiger partial charge in [-0.25, -0.2) is 0 Å². The van der Waals surface area contributed by atoms with E-state index in [-0.39, 0.29) is 18.5 Å². The van der Waals surface area contributed by atoms with Crippen molar-refractivity contribution in [1.29, 1.82) is 0 Å². The zero-order valence-electron chi connectivity index (χ0n) is 48.9. The van der Waals surface area contributed by atoms with Gasteiger partial charge in [0.2, 0.25) is 5.91 Å². The highest BCUT2D eigenvalue weighted by Crippen LogP contribution is 2.19. The van der Waals surface area contributed by atoms with Crippen molar-refractivity contribution in [3.05, 3.63) is 12.2 Å². The first-order valence-corrected chi connectivity index (χ1v) is 33.0. The van der Waals surface area contributed by atoms with E-state index in [1.165, 1.54) is 308 Å². The maximum Gasteiger partial charge on any atom is 0.305 e. The van der Waals surface area contributed by atoms with Crippen LogP contribution in [-0.2, 0) is 14.3 Å². The fourth-order valence-corrected chi connectivity index (χ4v) is 10.5. The van der Waals surface area contributed by atoms with Gasteiger partial charge in [0.05, 0.1) is 25.4 Å². The van der Waals surface area contributed by atoms with Gasteiger partial charge >= 0.3 is 5.97 Å². The maximum absolute atomic E-state index is 12.5. The summed E-state index contributed by atoms with van der Waals surface area (Å²) in [5.74, 6) is -0.0476. The van der Waals surface area contributed by atoms with Gasteiger partial charge in [0.25, 0.3) is 0 Å². The van der Waals surface area contributed by atoms with Crippen LogP contribution in [0.4, 0.5) is 0 Å². The summed E-state index contributed by atoms with van der Waals surface area (Å²) in [5.41, 5.74) is 0. The number of hydrogen-bond acceptors (Lipinski definition) is 5. The monoisotopic (exact) mass is 1020 g/mol. The number of nitrogens with one attached hydrogen (secondary N) is 1. The molecule has 0 aliphatic heterocycles. The Kier molecular flexibility index (Phi) is 60.9. The number of amides is 1. The number of aliphatic hydroxyl groups is 2. The Morgan fingerprint density at radius 3 is 0.944 bits per heavy atom. The van der Waals surface area contributed by atoms with Crippen molar-refractivity contribution < 1.29 is 24.5 Å². The van der Waals surface area contributed by atoms with Crippen LogP contribution in [0.1, 0.15) is 373 Å². The molecule has 0 fully saturated rings. The lowest BCUT2D eigenvalue weighted by Gasteiger charge is -2.20. The quantitative estimate of drug-likeness (QED) is 0.0320. The van der Waals surface area contributed by atoms with Crippen molar-refractivity contribution >= 4 is 11.9 Å². The highest BCUT2D eigenvalue weighted by Gasteiger charge is 2.18. The number of carbonyl (C=O) groups excluding carboxylic acids is 2. The van der Waals surface area contributed by atoms with Gasteiger partial charge in [0, 0.05) is 12.8 Å². The van der Waals surface area contributed by atoms with E-state index in [1.54, 1.807) is 6.08 Å². The van der Waals surface area contributed by atoms with E-state index in [2.05, 4.69) is 19.2 Å². The molecule has 0 aromatic carbocycles. The summed E-state index contributed by atoms with van der Waals surface area (Å²) in [5, 5.41) is 23.1. The number of allylic oxidation sites excluding steroid dienone is 1. The van der Waals surface area contributed by atoms with Crippen LogP contribution in [0.15, 0.2) is 12.2 Å². The van der Waals surface area contributed by atoms with Crippen molar-refractivity contribution in [1.82, 2.24) is 5.32 Å². The fourth-order valence-electron chi connectivity index (χ4n) is 10.5. The van der Waals surface area contributed by atoms with E-state index in [0.29, 0.717) is 19.4 Å². The minimum absolute atomic E-state index is 0.0179. The number of rotatable bonds is 62. The molecule has 0 saturated heterocycles. The third-order valence-corrected chi connectivity index (χ3v) is 15.6. The fraction of sp³-hybridized carbons (Fsp3) is 0.939. The first-order chi connectivity index (χ1) is 35.5. The number of unbranched alkanes of at least 4 members (excludes halogenated alkanes) is 51. The molecule has 0 aliphatic rings. The summed E-state index contributed by atoms with van der Waals surface area (Å²) in [6, 6.07) is -0.627. The Labute approximate surface area is 450 Å². The Morgan fingerprint density at radius 1 is 0.375 bits per heavy atom. The van der Waals surface area contributed by atoms with Gasteiger partial charge < -0.3 is 20.3 Å². The SMILES string of the molecule is CCCCCCCCCCCCCCC/C=C/C(O)C(CO)NC(=O)CCCCCCCCCCCCCCCCCCCCCCCCOC(=O)CCCCCCCCCCCCCCCCCCCC. The van der Waals surface area contributed by atoms with Crippen LogP contribution in [0, 0.1) is 0 Å². The summed E-state index contributed by atoms with van der Waals surface area (Å²) in [6.45, 7) is 4.94. The van der Waals surface area contributed by atoms with Crippen LogP contribution in [0.25, 0.3) is 0 Å². The van der Waals surface area contributed by atoms with Gasteiger partial charge in [-0.2, -0.15) is 0 Å². The highest BCUT2D eigenvalue weighted by molar-refractivity contribution is 5.76. The predicted octanol–water partition coefficient (Wildman–Crippen LogP) is 20.8. The Morgan fingerprint density at radius 2 is 0.639 bits per heavy atom. The van der Waals surface area contributed by atoms with Crippen molar-refractivity contribution in [2.24, 2.45) is 0 Å². The average molecular weight is 1020 g/mol. The molecular formula is C66H129NO5. The molecule has 0 rings (SSSR count). The predicted molar refractivity (Wildman–Crippen MR) is 315 cm³/mol. The molecule has 3 N–H and O–H groups in total. The Bertz CT molecular complexity index is 1080. The van der Waals surface area contributed by atoms with Gasteiger partial charge in [-0.05, 0) is 32.1 Å². The van der Waals surface area contributed by atoms with Crippen molar-refractivity contribution in [3.8, 4) is 0 Å². The molecule has 0 radical (unpaired) electrons. The molecule has 2 atom stereocenters. The van der Waals surface area contributed by atoms with E-state index < -0.39 is 12.1 Å². The standard InChI is InChI=1S/C66H129NO5/c1-3-5-7-9-11-13-15-17-19-20-28-32-36-40-44-48-52-56-60-66(71)72-61-57-53-49-45-41-37-33-29-26-24-22-21-23-25-27-31-35-39-43-47-51-55-59-65(70)67-63(62-68)64(69)58-54-50-46-42-38-34-30-18-16-14-12-10-8-6-4-2/h54,58,63-64,68-69H,3-53,55-57,59-62H2,1-2H3,(H,67,70)/b58-54+. The molecule has 72 heavy (non-hydrogen) atoms. The number of esters is 1. The second kappa shape index (κ2) is 62.1. The second-order valence-electron chi connectivity index (χ2n) is 22.8. The van der Waals surface area contributed by atoms with Crippen LogP contribution < -0.4 is 5.32 Å². The zero-order valence-corrected chi connectivity index (χ0v) is 48.9. The molecule has 0 aromatic heterocycles. The molecule has 2 unspecified atom stereocenters. The van der Waals surface area contributed by atoms with Crippen LogP contribution in [0.3, 0.4) is 0 Å². The molecular weight excluding hydrogens is 887 g/mol. The van der Waals surface area contributed by atoms with E-state index in [1.807, 2.05) is 6.08 Å². The first kappa shape index (κ1) is 70.6. The van der Waals surface area contributed by atoms with E-state index in [9.17, 15) is 19.8 Å². The van der Waals surface area contributed by atoms with Gasteiger partial charge in [-0.15, -0.1) is 0 Å². The van der Waals surface area contributed by atoms with E-state index in [0.717, 1.165) is 38.5 Å². The number of carbonyl (C=O) groups is 2. The minimum Gasteiger partial charge on any atom is -0.466 e. The number of ether oxygens (including phenoxy) is 1. The first-order valence-electron chi connectivity index (χ1n) is 33.0. The molecule has 0 spiro atoms. The zero-order chi connectivity index (χ0) is 52.2. The number of aliphatic hydroxyl groups excluding tert-OH is 2. The van der Waals surface area contributed by atoms with Crippen molar-refractivity contribution in [3.63, 3.8) is 0 Å². The topological polar surface area (TPSA) is 95.9 Å². The normalized spacial score (nSPS) is 12.6. The largest absolute Gasteiger partial charge is 0.466 e.